The van der Waals surface area contributed by atoms with Crippen molar-refractivity contribution in [3.8, 4) is 11.3 Å². The summed E-state index contributed by atoms with van der Waals surface area (Å²) in [6, 6.07) is 15.5. The van der Waals surface area contributed by atoms with Gasteiger partial charge in [-0.3, -0.25) is 0 Å². The number of aromatic amines is 1. The van der Waals surface area contributed by atoms with Gasteiger partial charge in [-0.05, 0) is 56.0 Å². The van der Waals surface area contributed by atoms with Gasteiger partial charge in [-0.25, -0.2) is 9.59 Å². The third kappa shape index (κ3) is 4.40. The Balaban J connectivity index is 1.48. The maximum Gasteiger partial charge on any atom is 0.345 e. The molecule has 0 bridgehead atoms. The van der Waals surface area contributed by atoms with Crippen molar-refractivity contribution >= 4 is 28.5 Å². The second-order valence-electron chi connectivity index (χ2n) is 8.43. The second-order valence-corrected chi connectivity index (χ2v) is 8.43. The molecule has 5 rings (SSSR count). The molecule has 0 spiro atoms. The standard InChI is InChI=1S/C25H27N3O4/c29-24(32-25(30)20-7-4-10-26-20)18-13-17-14-21(16-5-2-1-3-6-16)28-23(17)22(15-18)27-19-8-11-31-12-9-19/h1-3,5-6,13-15,19-20,26-28H,4,7-12H2/t20-/m1/s1. The molecular formula is C25H27N3O4. The number of benzene rings is 2. The van der Waals surface area contributed by atoms with Crippen molar-refractivity contribution in [1.29, 1.82) is 0 Å². The van der Waals surface area contributed by atoms with Gasteiger partial charge in [0.2, 0.25) is 0 Å². The van der Waals surface area contributed by atoms with Crippen LogP contribution in [0.1, 0.15) is 36.0 Å². The predicted octanol–water partition coefficient (Wildman–Crippen LogP) is 3.86. The molecular weight excluding hydrogens is 406 g/mol. The van der Waals surface area contributed by atoms with Crippen molar-refractivity contribution < 1.29 is 19.1 Å². The second kappa shape index (κ2) is 9.14. The summed E-state index contributed by atoms with van der Waals surface area (Å²) < 4.78 is 10.7. The van der Waals surface area contributed by atoms with E-state index in [0.29, 0.717) is 25.2 Å². The van der Waals surface area contributed by atoms with Crippen LogP contribution in [0.2, 0.25) is 0 Å². The molecule has 0 radical (unpaired) electrons. The summed E-state index contributed by atoms with van der Waals surface area (Å²) in [6.07, 6.45) is 3.40. The molecule has 32 heavy (non-hydrogen) atoms. The minimum absolute atomic E-state index is 0.256. The number of anilines is 1. The summed E-state index contributed by atoms with van der Waals surface area (Å²) >= 11 is 0. The van der Waals surface area contributed by atoms with E-state index < -0.39 is 18.0 Å². The molecule has 166 valence electrons. The van der Waals surface area contributed by atoms with Crippen LogP contribution in [0.15, 0.2) is 48.5 Å². The number of H-pyrrole nitrogens is 1. The molecule has 7 nitrogen and oxygen atoms in total. The van der Waals surface area contributed by atoms with E-state index in [9.17, 15) is 9.59 Å². The minimum Gasteiger partial charge on any atom is -0.388 e. The van der Waals surface area contributed by atoms with Gasteiger partial charge in [0.25, 0.3) is 0 Å². The molecule has 0 unspecified atom stereocenters. The van der Waals surface area contributed by atoms with E-state index in [1.807, 2.05) is 36.4 Å². The van der Waals surface area contributed by atoms with Crippen molar-refractivity contribution in [3.05, 3.63) is 54.1 Å². The third-order valence-corrected chi connectivity index (χ3v) is 6.17. The van der Waals surface area contributed by atoms with Crippen LogP contribution in [0, 0.1) is 0 Å². The van der Waals surface area contributed by atoms with Gasteiger partial charge in [-0.2, -0.15) is 0 Å². The Kier molecular flexibility index (Phi) is 5.92. The Bertz CT molecular complexity index is 1110. The zero-order valence-corrected chi connectivity index (χ0v) is 17.9. The Labute approximate surface area is 186 Å². The average Bonchev–Trinajstić information content (AvgIpc) is 3.51. The molecule has 2 saturated heterocycles. The van der Waals surface area contributed by atoms with Crippen molar-refractivity contribution in [3.63, 3.8) is 0 Å². The fourth-order valence-corrected chi connectivity index (χ4v) is 4.42. The van der Waals surface area contributed by atoms with Crippen molar-refractivity contribution in [2.75, 3.05) is 25.1 Å². The summed E-state index contributed by atoms with van der Waals surface area (Å²) in [7, 11) is 0. The fraction of sp³-hybridized carbons (Fsp3) is 0.360. The highest BCUT2D eigenvalue weighted by molar-refractivity contribution is 6.04. The first-order valence-electron chi connectivity index (χ1n) is 11.2. The lowest BCUT2D eigenvalue weighted by molar-refractivity contribution is -0.139. The summed E-state index contributed by atoms with van der Waals surface area (Å²) in [5.74, 6) is -1.13. The average molecular weight is 434 g/mol. The lowest BCUT2D eigenvalue weighted by atomic mass is 10.1. The number of ether oxygens (including phenoxy) is 2. The number of fused-ring (bicyclic) bond motifs is 1. The van der Waals surface area contributed by atoms with E-state index in [1.165, 1.54) is 0 Å². The summed E-state index contributed by atoms with van der Waals surface area (Å²) in [6.45, 7) is 2.20. The maximum atomic E-state index is 12.8. The molecule has 1 aromatic heterocycles. The van der Waals surface area contributed by atoms with Gasteiger partial charge in [-0.15, -0.1) is 0 Å². The molecule has 7 heteroatoms. The number of carbonyl (C=O) groups excluding carboxylic acids is 2. The Morgan fingerprint density at radius 1 is 1.03 bits per heavy atom. The van der Waals surface area contributed by atoms with Crippen LogP contribution in [0.5, 0.6) is 0 Å². The normalized spacial score (nSPS) is 19.2. The highest BCUT2D eigenvalue weighted by Crippen LogP contribution is 2.32. The van der Waals surface area contributed by atoms with E-state index in [1.54, 1.807) is 12.1 Å². The van der Waals surface area contributed by atoms with Gasteiger partial charge in [0.05, 0.1) is 16.8 Å². The molecule has 3 aromatic rings. The van der Waals surface area contributed by atoms with Crippen molar-refractivity contribution in [1.82, 2.24) is 10.3 Å². The van der Waals surface area contributed by atoms with Crippen LogP contribution in [0.25, 0.3) is 22.2 Å². The number of esters is 2. The van der Waals surface area contributed by atoms with E-state index >= 15 is 0 Å². The Hall–Kier alpha value is -3.16. The van der Waals surface area contributed by atoms with Crippen LogP contribution in [0.4, 0.5) is 5.69 Å². The van der Waals surface area contributed by atoms with Gasteiger partial charge in [0, 0.05) is 30.3 Å². The summed E-state index contributed by atoms with van der Waals surface area (Å²) in [4.78, 5) is 28.7. The minimum atomic E-state index is -0.622. The van der Waals surface area contributed by atoms with Crippen LogP contribution < -0.4 is 10.6 Å². The number of carbonyl (C=O) groups is 2. The number of hydrogen-bond acceptors (Lipinski definition) is 6. The smallest absolute Gasteiger partial charge is 0.345 e. The third-order valence-electron chi connectivity index (χ3n) is 6.17. The highest BCUT2D eigenvalue weighted by Gasteiger charge is 2.27. The Morgan fingerprint density at radius 2 is 1.84 bits per heavy atom. The Morgan fingerprint density at radius 3 is 2.59 bits per heavy atom. The van der Waals surface area contributed by atoms with Gasteiger partial charge in [0.1, 0.15) is 6.04 Å². The topological polar surface area (TPSA) is 92.5 Å². The zero-order chi connectivity index (χ0) is 21.9. The fourth-order valence-electron chi connectivity index (χ4n) is 4.42. The van der Waals surface area contributed by atoms with Crippen LogP contribution in [0.3, 0.4) is 0 Å². The molecule has 0 aliphatic carbocycles. The molecule has 2 aliphatic rings. The van der Waals surface area contributed by atoms with Gasteiger partial charge in [0.15, 0.2) is 0 Å². The monoisotopic (exact) mass is 433 g/mol. The van der Waals surface area contributed by atoms with Gasteiger partial charge >= 0.3 is 11.9 Å². The molecule has 3 heterocycles. The largest absolute Gasteiger partial charge is 0.388 e. The number of hydrogen-bond donors (Lipinski definition) is 3. The highest BCUT2D eigenvalue weighted by atomic mass is 16.6. The van der Waals surface area contributed by atoms with Crippen LogP contribution in [-0.2, 0) is 14.3 Å². The number of rotatable bonds is 5. The van der Waals surface area contributed by atoms with E-state index in [4.69, 9.17) is 9.47 Å². The van der Waals surface area contributed by atoms with E-state index in [2.05, 4.69) is 15.6 Å². The lowest BCUT2D eigenvalue weighted by Gasteiger charge is -2.24. The maximum absolute atomic E-state index is 12.8. The van der Waals surface area contributed by atoms with Gasteiger partial charge < -0.3 is 25.1 Å². The zero-order valence-electron chi connectivity index (χ0n) is 17.9. The van der Waals surface area contributed by atoms with Crippen LogP contribution in [-0.4, -0.2) is 48.8 Å². The first kappa shape index (κ1) is 20.7. The molecule has 2 aromatic carbocycles. The van der Waals surface area contributed by atoms with E-state index in [-0.39, 0.29) is 6.04 Å². The van der Waals surface area contributed by atoms with Crippen molar-refractivity contribution in [2.45, 2.75) is 37.8 Å². The molecule has 2 fully saturated rings. The van der Waals surface area contributed by atoms with Crippen molar-refractivity contribution in [2.24, 2.45) is 0 Å². The molecule has 2 aliphatic heterocycles. The van der Waals surface area contributed by atoms with Gasteiger partial charge in [-0.1, -0.05) is 30.3 Å². The lowest BCUT2D eigenvalue weighted by Crippen LogP contribution is -2.33. The molecule has 0 amide bonds. The first-order valence-corrected chi connectivity index (χ1v) is 11.2. The molecule has 1 atom stereocenters. The van der Waals surface area contributed by atoms with Crippen LogP contribution >= 0.6 is 0 Å². The predicted molar refractivity (Wildman–Crippen MR) is 123 cm³/mol. The quantitative estimate of drug-likeness (QED) is 0.418. The summed E-state index contributed by atoms with van der Waals surface area (Å²) in [5.41, 5.74) is 4.14. The van der Waals surface area contributed by atoms with E-state index in [0.717, 1.165) is 53.7 Å². The first-order chi connectivity index (χ1) is 15.7. The summed E-state index contributed by atoms with van der Waals surface area (Å²) in [5, 5.41) is 7.54. The molecule has 0 saturated carbocycles. The number of nitrogens with one attached hydrogen (secondary N) is 3. The molecule has 3 N–H and O–H groups in total. The number of aromatic nitrogens is 1. The SMILES string of the molecule is O=C(OC(=O)[C@H]1CCCN1)c1cc(NC2CCOCC2)c2[nH]c(-c3ccccc3)cc2c1.